The fourth-order valence-electron chi connectivity index (χ4n) is 3.25. The zero-order chi connectivity index (χ0) is 25.5. The van der Waals surface area contributed by atoms with Gasteiger partial charge in [-0.2, -0.15) is 0 Å². The predicted molar refractivity (Wildman–Crippen MR) is 130 cm³/mol. The smallest absolute Gasteiger partial charge is 0.648 e. The van der Waals surface area contributed by atoms with E-state index in [-0.39, 0.29) is 166 Å². The Bertz CT molecular complexity index is 869. The maximum Gasteiger partial charge on any atom is 1.00 e. The summed E-state index contributed by atoms with van der Waals surface area (Å²) in [4.78, 5) is 58.6. The van der Waals surface area contributed by atoms with Crippen molar-refractivity contribution in [2.45, 2.75) is 52.0 Å². The minimum atomic E-state index is -0.376. The zero-order valence-corrected chi connectivity index (χ0v) is 32.1. The SMILES string of the molecule is CC(C=O)CCCCNC(=O)[N-]CCCOCC(=O)[N-]Cc1ccc(CC(=O)N2CCC2=O)cc1.[Rb+].[Rb+]. The van der Waals surface area contributed by atoms with Crippen molar-refractivity contribution in [3.63, 3.8) is 0 Å². The first-order valence-corrected chi connectivity index (χ1v) is 12.0. The van der Waals surface area contributed by atoms with Crippen LogP contribution in [0.1, 0.15) is 50.2 Å². The first-order chi connectivity index (χ1) is 16.9. The van der Waals surface area contributed by atoms with E-state index in [9.17, 15) is 24.0 Å². The molecule has 2 rings (SSSR count). The van der Waals surface area contributed by atoms with Crippen LogP contribution in [0.4, 0.5) is 4.79 Å². The van der Waals surface area contributed by atoms with Crippen molar-refractivity contribution in [3.8, 4) is 0 Å². The number of hydrogen-bond donors (Lipinski definition) is 1. The fraction of sp³-hybridized carbons (Fsp3) is 0.560. The Balaban J connectivity index is 0.00000648. The standard InChI is InChI=1S/C25H36N4O6.2Rb/c1-19(17-30)5-2-3-11-26-25(34)27-12-4-14-35-18-22(31)28-16-21-8-6-20(7-9-21)15-24(33)29-13-10-23(29)32;;/h6-9,17,19H,2-5,10-16,18H2,1H3,(H3,26,27,28,31,34);;/q;2*+1/p-2. The number of urea groups is 1. The summed E-state index contributed by atoms with van der Waals surface area (Å²) >= 11 is 0. The van der Waals surface area contributed by atoms with Gasteiger partial charge in [0.15, 0.2) is 6.03 Å². The average Bonchev–Trinajstić information content (AvgIpc) is 2.84. The summed E-state index contributed by atoms with van der Waals surface area (Å²) in [5, 5.41) is 10.5. The third kappa shape index (κ3) is 16.3. The monoisotopic (exact) mass is 656 g/mol. The number of amides is 5. The van der Waals surface area contributed by atoms with Crippen LogP contribution >= 0.6 is 0 Å². The van der Waals surface area contributed by atoms with Crippen LogP contribution in [-0.4, -0.2) is 67.8 Å². The molecule has 1 atom stereocenters. The van der Waals surface area contributed by atoms with E-state index >= 15 is 0 Å². The van der Waals surface area contributed by atoms with Gasteiger partial charge in [0.05, 0.1) is 18.9 Å². The molecule has 37 heavy (non-hydrogen) atoms. The molecule has 12 heteroatoms. The molecule has 1 aromatic rings. The van der Waals surface area contributed by atoms with E-state index in [1.807, 2.05) is 6.92 Å². The third-order valence-electron chi connectivity index (χ3n) is 5.49. The molecule has 0 radical (unpaired) electrons. The largest absolute Gasteiger partial charge is 1.00 e. The number of rotatable bonds is 16. The second-order valence-corrected chi connectivity index (χ2v) is 8.52. The predicted octanol–water partition coefficient (Wildman–Crippen LogP) is -3.11. The molecule has 0 bridgehead atoms. The van der Waals surface area contributed by atoms with Gasteiger partial charge in [-0.25, -0.2) is 0 Å². The Labute approximate surface area is 316 Å². The molecule has 0 aromatic heterocycles. The Morgan fingerprint density at radius 3 is 2.41 bits per heavy atom. The maximum absolute atomic E-state index is 12.0. The summed E-state index contributed by atoms with van der Waals surface area (Å²) in [6.07, 6.45) is 4.55. The van der Waals surface area contributed by atoms with Crippen molar-refractivity contribution < 1.29 is 145 Å². The van der Waals surface area contributed by atoms with Crippen LogP contribution in [0, 0.1) is 5.92 Å². The van der Waals surface area contributed by atoms with Crippen LogP contribution in [0.2, 0.25) is 0 Å². The molecule has 1 fully saturated rings. The first-order valence-electron chi connectivity index (χ1n) is 12.0. The van der Waals surface area contributed by atoms with Crippen molar-refractivity contribution in [2.24, 2.45) is 5.92 Å². The summed E-state index contributed by atoms with van der Waals surface area (Å²) in [7, 11) is 0. The Kier molecular flexibility index (Phi) is 22.3. The molecule has 10 nitrogen and oxygen atoms in total. The molecule has 0 spiro atoms. The van der Waals surface area contributed by atoms with Gasteiger partial charge in [-0.3, -0.25) is 19.3 Å². The van der Waals surface area contributed by atoms with Crippen molar-refractivity contribution >= 4 is 30.0 Å². The average molecular weight is 658 g/mol. The van der Waals surface area contributed by atoms with Crippen molar-refractivity contribution in [3.05, 3.63) is 46.0 Å². The van der Waals surface area contributed by atoms with Gasteiger partial charge in [-0.1, -0.05) is 56.1 Å². The molecule has 5 amide bonds. The molecule has 1 heterocycles. The van der Waals surface area contributed by atoms with E-state index in [2.05, 4.69) is 16.0 Å². The molecule has 192 valence electrons. The van der Waals surface area contributed by atoms with E-state index in [0.29, 0.717) is 39.1 Å². The van der Waals surface area contributed by atoms with E-state index in [1.54, 1.807) is 24.3 Å². The van der Waals surface area contributed by atoms with E-state index < -0.39 is 0 Å². The number of likely N-dealkylation sites (tertiary alicyclic amines) is 1. The molecular formula is C25H34N4O6Rb2. The Morgan fingerprint density at radius 1 is 1.08 bits per heavy atom. The van der Waals surface area contributed by atoms with Crippen LogP contribution in [0.25, 0.3) is 10.6 Å². The van der Waals surface area contributed by atoms with Crippen molar-refractivity contribution in [2.75, 3.05) is 32.8 Å². The minimum absolute atomic E-state index is 0. The molecule has 1 N–H and O–H groups in total. The molecule has 1 aromatic carbocycles. The van der Waals surface area contributed by atoms with Gasteiger partial charge in [0.2, 0.25) is 11.8 Å². The first kappa shape index (κ1) is 37.3. The maximum atomic E-state index is 12.0. The summed E-state index contributed by atoms with van der Waals surface area (Å²) in [6.45, 7) is 3.57. The van der Waals surface area contributed by atoms with Crippen molar-refractivity contribution in [1.82, 2.24) is 10.2 Å². The quantitative estimate of drug-likeness (QED) is 0.114. The number of aldehydes is 1. The van der Waals surface area contributed by atoms with Gasteiger partial charge in [0.25, 0.3) is 0 Å². The molecule has 1 aliphatic rings. The van der Waals surface area contributed by atoms with Crippen LogP contribution in [0.3, 0.4) is 0 Å². The number of nitrogens with zero attached hydrogens (tertiary/aromatic N) is 3. The number of carbonyl (C=O) groups is 5. The zero-order valence-electron chi connectivity index (χ0n) is 22.2. The molecule has 1 saturated heterocycles. The summed E-state index contributed by atoms with van der Waals surface area (Å²) in [5.74, 6) is -0.652. The van der Waals surface area contributed by atoms with Gasteiger partial charge in [0.1, 0.15) is 6.29 Å². The van der Waals surface area contributed by atoms with Crippen LogP contribution in [0.5, 0.6) is 0 Å². The van der Waals surface area contributed by atoms with Gasteiger partial charge in [-0.15, -0.1) is 6.54 Å². The minimum Gasteiger partial charge on any atom is -0.648 e. The van der Waals surface area contributed by atoms with Gasteiger partial charge < -0.3 is 30.3 Å². The van der Waals surface area contributed by atoms with Gasteiger partial charge in [-0.05, 0) is 24.9 Å². The second-order valence-electron chi connectivity index (χ2n) is 8.52. The molecule has 0 aliphatic carbocycles. The fourth-order valence-corrected chi connectivity index (χ4v) is 3.25. The number of ether oxygens (including phenoxy) is 1. The van der Waals surface area contributed by atoms with E-state index in [4.69, 9.17) is 4.74 Å². The Morgan fingerprint density at radius 2 is 1.78 bits per heavy atom. The summed E-state index contributed by atoms with van der Waals surface area (Å²) < 4.78 is 5.29. The molecule has 1 unspecified atom stereocenters. The third-order valence-corrected chi connectivity index (χ3v) is 5.49. The van der Waals surface area contributed by atoms with Crippen LogP contribution < -0.4 is 122 Å². The van der Waals surface area contributed by atoms with E-state index in [0.717, 1.165) is 36.7 Å². The molecule has 0 saturated carbocycles. The molecule has 1 aliphatic heterocycles. The number of carbonyl (C=O) groups excluding carboxylic acids is 5. The number of nitrogens with one attached hydrogen (secondary N) is 1. The van der Waals surface area contributed by atoms with Gasteiger partial charge in [0, 0.05) is 25.5 Å². The number of β-lactam (4-membered cyclic amide) rings is 1. The van der Waals surface area contributed by atoms with Crippen molar-refractivity contribution in [1.29, 1.82) is 0 Å². The summed E-state index contributed by atoms with van der Waals surface area (Å²) in [6, 6.07) is 6.82. The normalized spacial score (nSPS) is 12.8. The topological polar surface area (TPSA) is 138 Å². The Hall–Kier alpha value is 0.340. The van der Waals surface area contributed by atoms with E-state index in [1.165, 1.54) is 4.90 Å². The number of hydrogen-bond acceptors (Lipinski definition) is 6. The number of imide groups is 1. The second kappa shape index (κ2) is 22.1. The number of benzene rings is 1. The van der Waals surface area contributed by atoms with Gasteiger partial charge >= 0.3 is 116 Å². The molecular weight excluding hydrogens is 623 g/mol. The number of unbranched alkanes of at least 4 members (excludes halogenated alkanes) is 1. The van der Waals surface area contributed by atoms with Crippen LogP contribution in [0.15, 0.2) is 24.3 Å². The van der Waals surface area contributed by atoms with Crippen LogP contribution in [-0.2, 0) is 36.9 Å². The summed E-state index contributed by atoms with van der Waals surface area (Å²) in [5.41, 5.74) is 1.63.